The van der Waals surface area contributed by atoms with Crippen molar-refractivity contribution in [3.63, 3.8) is 0 Å². The lowest BCUT2D eigenvalue weighted by atomic mass is 9.94. The summed E-state index contributed by atoms with van der Waals surface area (Å²) in [6, 6.07) is 0. The van der Waals surface area contributed by atoms with E-state index in [-0.39, 0.29) is 5.91 Å². The SMILES string of the molecule is CNCC1(CNC(=O)CC2CCCN(C)C2)CC1. The average molecular weight is 253 g/mol. The zero-order valence-corrected chi connectivity index (χ0v) is 11.8. The van der Waals surface area contributed by atoms with Crippen LogP contribution in [0.25, 0.3) is 0 Å². The average Bonchev–Trinajstić information content (AvgIpc) is 3.08. The molecular weight excluding hydrogens is 226 g/mol. The molecule has 4 nitrogen and oxygen atoms in total. The molecule has 1 aliphatic carbocycles. The molecule has 1 saturated carbocycles. The van der Waals surface area contributed by atoms with Gasteiger partial charge >= 0.3 is 0 Å². The number of carbonyl (C=O) groups is 1. The molecule has 1 saturated heterocycles. The normalized spacial score (nSPS) is 26.9. The summed E-state index contributed by atoms with van der Waals surface area (Å²) in [7, 11) is 4.13. The van der Waals surface area contributed by atoms with Crippen molar-refractivity contribution >= 4 is 5.91 Å². The smallest absolute Gasteiger partial charge is 0.220 e. The highest BCUT2D eigenvalue weighted by Crippen LogP contribution is 2.44. The summed E-state index contributed by atoms with van der Waals surface area (Å²) in [4.78, 5) is 14.3. The van der Waals surface area contributed by atoms with Gasteiger partial charge in [-0.2, -0.15) is 0 Å². The van der Waals surface area contributed by atoms with Crippen LogP contribution < -0.4 is 10.6 Å². The molecule has 104 valence electrons. The van der Waals surface area contributed by atoms with Crippen molar-refractivity contribution in [1.82, 2.24) is 15.5 Å². The van der Waals surface area contributed by atoms with E-state index in [9.17, 15) is 4.79 Å². The molecule has 4 heteroatoms. The largest absolute Gasteiger partial charge is 0.355 e. The van der Waals surface area contributed by atoms with Gasteiger partial charge in [-0.25, -0.2) is 0 Å². The van der Waals surface area contributed by atoms with Gasteiger partial charge in [0.1, 0.15) is 0 Å². The quantitative estimate of drug-likeness (QED) is 0.737. The Balaban J connectivity index is 1.66. The van der Waals surface area contributed by atoms with Gasteiger partial charge in [-0.1, -0.05) is 0 Å². The van der Waals surface area contributed by atoms with Gasteiger partial charge in [0.15, 0.2) is 0 Å². The van der Waals surface area contributed by atoms with E-state index in [1.807, 2.05) is 7.05 Å². The lowest BCUT2D eigenvalue weighted by molar-refractivity contribution is -0.122. The van der Waals surface area contributed by atoms with Crippen LogP contribution in [0.2, 0.25) is 0 Å². The monoisotopic (exact) mass is 253 g/mol. The van der Waals surface area contributed by atoms with Crippen LogP contribution in [0, 0.1) is 11.3 Å². The van der Waals surface area contributed by atoms with Crippen molar-refractivity contribution in [3.8, 4) is 0 Å². The Kier molecular flexibility index (Phi) is 4.62. The Morgan fingerprint density at radius 2 is 2.17 bits per heavy atom. The number of likely N-dealkylation sites (tertiary alicyclic amines) is 1. The zero-order chi connectivity index (χ0) is 13.0. The first-order chi connectivity index (χ1) is 8.63. The predicted octanol–water partition coefficient (Wildman–Crippen LogP) is 0.834. The van der Waals surface area contributed by atoms with Crippen LogP contribution >= 0.6 is 0 Å². The molecule has 0 radical (unpaired) electrons. The Labute approximate surface area is 110 Å². The third kappa shape index (κ3) is 3.95. The second kappa shape index (κ2) is 6.02. The van der Waals surface area contributed by atoms with Crippen molar-refractivity contribution in [3.05, 3.63) is 0 Å². The molecule has 2 aliphatic rings. The Morgan fingerprint density at radius 1 is 1.39 bits per heavy atom. The van der Waals surface area contributed by atoms with Gasteiger partial charge in [-0.15, -0.1) is 0 Å². The number of hydrogen-bond acceptors (Lipinski definition) is 3. The predicted molar refractivity (Wildman–Crippen MR) is 73.4 cm³/mol. The maximum Gasteiger partial charge on any atom is 0.220 e. The van der Waals surface area contributed by atoms with Crippen molar-refractivity contribution in [1.29, 1.82) is 0 Å². The maximum absolute atomic E-state index is 11.9. The number of piperidine rings is 1. The van der Waals surface area contributed by atoms with Crippen LogP contribution in [0.5, 0.6) is 0 Å². The first-order valence-electron chi connectivity index (χ1n) is 7.23. The lowest BCUT2D eigenvalue weighted by Gasteiger charge is -2.29. The van der Waals surface area contributed by atoms with Gasteiger partial charge < -0.3 is 15.5 Å². The third-order valence-corrected chi connectivity index (χ3v) is 4.37. The van der Waals surface area contributed by atoms with Gasteiger partial charge in [0.05, 0.1) is 0 Å². The highest BCUT2D eigenvalue weighted by molar-refractivity contribution is 5.76. The molecule has 1 unspecified atom stereocenters. The van der Waals surface area contributed by atoms with Gasteiger partial charge in [-0.05, 0) is 52.2 Å². The van der Waals surface area contributed by atoms with Crippen LogP contribution in [-0.4, -0.2) is 51.1 Å². The number of nitrogens with zero attached hydrogens (tertiary/aromatic N) is 1. The maximum atomic E-state index is 11.9. The molecular formula is C14H27N3O. The van der Waals surface area contributed by atoms with Gasteiger partial charge in [0.25, 0.3) is 0 Å². The van der Waals surface area contributed by atoms with E-state index in [1.165, 1.54) is 32.2 Å². The minimum Gasteiger partial charge on any atom is -0.355 e. The van der Waals surface area contributed by atoms with Crippen LogP contribution in [0.3, 0.4) is 0 Å². The number of hydrogen-bond donors (Lipinski definition) is 2. The highest BCUT2D eigenvalue weighted by atomic mass is 16.1. The highest BCUT2D eigenvalue weighted by Gasteiger charge is 2.41. The molecule has 2 rings (SSSR count). The van der Waals surface area contributed by atoms with E-state index < -0.39 is 0 Å². The topological polar surface area (TPSA) is 44.4 Å². The van der Waals surface area contributed by atoms with E-state index in [2.05, 4.69) is 22.6 Å². The van der Waals surface area contributed by atoms with Crippen LogP contribution in [0.15, 0.2) is 0 Å². The van der Waals surface area contributed by atoms with E-state index >= 15 is 0 Å². The number of nitrogens with one attached hydrogen (secondary N) is 2. The van der Waals surface area contributed by atoms with Gasteiger partial charge in [-0.3, -0.25) is 4.79 Å². The van der Waals surface area contributed by atoms with Crippen LogP contribution in [0.1, 0.15) is 32.1 Å². The molecule has 1 atom stereocenters. The van der Waals surface area contributed by atoms with Crippen molar-refractivity contribution < 1.29 is 4.79 Å². The molecule has 1 aliphatic heterocycles. The van der Waals surface area contributed by atoms with E-state index in [1.54, 1.807) is 0 Å². The molecule has 1 amide bonds. The Hall–Kier alpha value is -0.610. The molecule has 18 heavy (non-hydrogen) atoms. The summed E-state index contributed by atoms with van der Waals surface area (Å²) in [6.45, 7) is 4.15. The molecule has 0 aromatic heterocycles. The minimum atomic E-state index is 0.248. The summed E-state index contributed by atoms with van der Waals surface area (Å²) in [5, 5.41) is 6.36. The standard InChI is InChI=1S/C14H27N3O/c1-15-10-14(5-6-14)11-16-13(18)8-12-4-3-7-17(2)9-12/h12,15H,3-11H2,1-2H3,(H,16,18). The first-order valence-corrected chi connectivity index (χ1v) is 7.23. The molecule has 2 fully saturated rings. The molecule has 0 bridgehead atoms. The van der Waals surface area contributed by atoms with E-state index in [4.69, 9.17) is 0 Å². The fourth-order valence-electron chi connectivity index (χ4n) is 3.03. The summed E-state index contributed by atoms with van der Waals surface area (Å²) in [5.74, 6) is 0.806. The second-order valence-corrected chi connectivity index (χ2v) is 6.28. The molecule has 1 heterocycles. The third-order valence-electron chi connectivity index (χ3n) is 4.37. The van der Waals surface area contributed by atoms with Crippen LogP contribution in [-0.2, 0) is 4.79 Å². The molecule has 2 N–H and O–H groups in total. The number of amides is 1. The fourth-order valence-corrected chi connectivity index (χ4v) is 3.03. The number of rotatable bonds is 6. The Morgan fingerprint density at radius 3 is 2.78 bits per heavy atom. The zero-order valence-electron chi connectivity index (χ0n) is 11.8. The van der Waals surface area contributed by atoms with Crippen molar-refractivity contribution in [2.75, 3.05) is 40.3 Å². The fraction of sp³-hybridized carbons (Fsp3) is 0.929. The lowest BCUT2D eigenvalue weighted by Crippen LogP contribution is -2.38. The Bertz CT molecular complexity index is 289. The van der Waals surface area contributed by atoms with Crippen molar-refractivity contribution in [2.24, 2.45) is 11.3 Å². The molecule has 0 aromatic carbocycles. The minimum absolute atomic E-state index is 0.248. The summed E-state index contributed by atoms with van der Waals surface area (Å²) in [6.07, 6.45) is 5.65. The van der Waals surface area contributed by atoms with E-state index in [0.717, 1.165) is 19.6 Å². The van der Waals surface area contributed by atoms with Gasteiger partial charge in [0, 0.05) is 31.5 Å². The summed E-state index contributed by atoms with van der Waals surface area (Å²) >= 11 is 0. The summed E-state index contributed by atoms with van der Waals surface area (Å²) < 4.78 is 0. The van der Waals surface area contributed by atoms with Crippen molar-refractivity contribution in [2.45, 2.75) is 32.1 Å². The second-order valence-electron chi connectivity index (χ2n) is 6.28. The molecule has 0 aromatic rings. The van der Waals surface area contributed by atoms with E-state index in [0.29, 0.717) is 17.8 Å². The number of carbonyl (C=O) groups excluding carboxylic acids is 1. The molecule has 0 spiro atoms. The van der Waals surface area contributed by atoms with Gasteiger partial charge in [0.2, 0.25) is 5.91 Å². The first kappa shape index (κ1) is 13.8. The summed E-state index contributed by atoms with van der Waals surface area (Å²) in [5.41, 5.74) is 0.369. The van der Waals surface area contributed by atoms with Crippen LogP contribution in [0.4, 0.5) is 0 Å².